The predicted molar refractivity (Wildman–Crippen MR) is 56.1 cm³/mol. The second-order valence-electron chi connectivity index (χ2n) is 4.88. The van der Waals surface area contributed by atoms with Crippen molar-refractivity contribution in [2.24, 2.45) is 0 Å². The van der Waals surface area contributed by atoms with Gasteiger partial charge in [-0.1, -0.05) is 0 Å². The molecule has 2 rings (SSSR count). The van der Waals surface area contributed by atoms with Gasteiger partial charge in [0.05, 0.1) is 22.1 Å². The van der Waals surface area contributed by atoms with Crippen LogP contribution < -0.4 is 0 Å². The van der Waals surface area contributed by atoms with Crippen molar-refractivity contribution in [2.45, 2.75) is 50.5 Å². The van der Waals surface area contributed by atoms with E-state index in [0.717, 1.165) is 0 Å². The van der Waals surface area contributed by atoms with E-state index >= 15 is 0 Å². The zero-order valence-corrected chi connectivity index (χ0v) is 9.80. The average Bonchev–Trinajstić information content (AvgIpc) is 2.71. The van der Waals surface area contributed by atoms with Crippen LogP contribution in [0, 0.1) is 0 Å². The van der Waals surface area contributed by atoms with Crippen LogP contribution in [0.4, 0.5) is 0 Å². The van der Waals surface area contributed by atoms with E-state index in [2.05, 4.69) is 0 Å². The highest BCUT2D eigenvalue weighted by Crippen LogP contribution is 2.43. The van der Waals surface area contributed by atoms with Gasteiger partial charge in [-0.05, 0) is 20.8 Å². The summed E-state index contributed by atoms with van der Waals surface area (Å²) in [5.74, 6) is -0.727. The number of hydrogen-bond acceptors (Lipinski definition) is 5. The molecule has 5 atom stereocenters. The molecule has 2 aliphatic heterocycles. The van der Waals surface area contributed by atoms with Crippen molar-refractivity contribution in [3.8, 4) is 0 Å². The monoisotopic (exact) mass is 235 g/mol. The Balaban J connectivity index is 2.16. The number of rotatable bonds is 3. The van der Waals surface area contributed by atoms with Crippen molar-refractivity contribution < 1.29 is 26.8 Å². The Hall–Kier alpha value is -0.200. The molecule has 0 aromatic rings. The van der Waals surface area contributed by atoms with Crippen molar-refractivity contribution in [3.63, 3.8) is 0 Å². The van der Waals surface area contributed by atoms with Crippen molar-refractivity contribution in [1.82, 2.24) is 0 Å². The van der Waals surface area contributed by atoms with Crippen LogP contribution in [0.3, 0.4) is 0 Å². The molecule has 2 heterocycles. The molecule has 0 aromatic heterocycles. The van der Waals surface area contributed by atoms with Crippen LogP contribution in [-0.4, -0.2) is 55.1 Å². The molecule has 16 heavy (non-hydrogen) atoms. The second-order valence-corrected chi connectivity index (χ2v) is 4.88. The first kappa shape index (κ1) is 9.79. The first-order chi connectivity index (χ1) is 8.30. The molecule has 94 valence electrons. The summed E-state index contributed by atoms with van der Waals surface area (Å²) in [5.41, 5.74) is -1.06. The summed E-state index contributed by atoms with van der Waals surface area (Å²) in [6.07, 6.45) is -0.959. The molecule has 5 heteroatoms. The molecule has 2 aliphatic rings. The van der Waals surface area contributed by atoms with E-state index in [1.54, 1.807) is 13.8 Å². The first-order valence-corrected chi connectivity index (χ1v) is 5.40. The van der Waals surface area contributed by atoms with Gasteiger partial charge in [-0.25, -0.2) is 0 Å². The Kier molecular flexibility index (Phi) is 2.40. The van der Waals surface area contributed by atoms with Gasteiger partial charge in [0.15, 0.2) is 5.79 Å². The molecule has 0 aliphatic carbocycles. The molecule has 2 fully saturated rings. The first-order valence-electron chi connectivity index (χ1n) is 6.55. The number of hydrogen-bond donors (Lipinski definition) is 1. The smallest absolute Gasteiger partial charge is 0.164 e. The van der Waals surface area contributed by atoms with E-state index in [4.69, 9.17) is 21.7 Å². The fraction of sp³-hybridized carbons (Fsp3) is 1.00. The van der Waals surface area contributed by atoms with Gasteiger partial charge >= 0.3 is 0 Å². The van der Waals surface area contributed by atoms with Gasteiger partial charge in [-0.2, -0.15) is 0 Å². The highest BCUT2D eigenvalue weighted by Gasteiger charge is 2.61. The average molecular weight is 235 g/mol. The van der Waals surface area contributed by atoms with Crippen molar-refractivity contribution in [1.29, 1.82) is 0 Å². The van der Waals surface area contributed by atoms with Gasteiger partial charge < -0.3 is 24.1 Å². The van der Waals surface area contributed by atoms with Crippen LogP contribution in [0.1, 0.15) is 23.5 Å². The zero-order valence-electron chi connectivity index (χ0n) is 11.8. The van der Waals surface area contributed by atoms with E-state index in [1.807, 2.05) is 6.92 Å². The summed E-state index contributed by atoms with van der Waals surface area (Å²) in [6, 6.07) is 0. The van der Waals surface area contributed by atoms with E-state index in [1.165, 1.54) is 0 Å². The lowest BCUT2D eigenvalue weighted by molar-refractivity contribution is -0.222. The fourth-order valence-corrected chi connectivity index (χ4v) is 2.47. The van der Waals surface area contributed by atoms with Crippen LogP contribution >= 0.6 is 0 Å². The molecular weight excluding hydrogens is 212 g/mol. The number of aliphatic hydroxyl groups excluding tert-OH is 1. The number of fused-ring (bicyclic) bond motifs is 1. The molecule has 0 spiro atoms. The third-order valence-electron chi connectivity index (χ3n) is 3.13. The Morgan fingerprint density at radius 2 is 2.25 bits per heavy atom. The lowest BCUT2D eigenvalue weighted by Gasteiger charge is -2.32. The van der Waals surface area contributed by atoms with Gasteiger partial charge in [0.2, 0.25) is 0 Å². The van der Waals surface area contributed by atoms with Gasteiger partial charge in [0.25, 0.3) is 0 Å². The highest BCUT2D eigenvalue weighted by atomic mass is 16.8. The third-order valence-corrected chi connectivity index (χ3v) is 3.13. The summed E-state index contributed by atoms with van der Waals surface area (Å²) in [5, 5.41) is 9.60. The summed E-state index contributed by atoms with van der Waals surface area (Å²) in [6.45, 7) is 5.09. The maximum atomic E-state index is 9.60. The van der Waals surface area contributed by atoms with E-state index < -0.39 is 24.6 Å². The van der Waals surface area contributed by atoms with E-state index in [0.29, 0.717) is 0 Å². The van der Waals surface area contributed by atoms with Crippen LogP contribution in [0.5, 0.6) is 0 Å². The van der Waals surface area contributed by atoms with Crippen molar-refractivity contribution in [3.05, 3.63) is 0 Å². The summed E-state index contributed by atoms with van der Waals surface area (Å²) >= 11 is 0. The third kappa shape index (κ3) is 1.76. The standard InChI is InChI=1S/C11H20O5/c1-7-8-9(16-10(2,3)15-8)11(5-12,14-7)6-13-4/h7-9,12H,5-6H2,1-4H3/t7?,8-,9-,11?/m1/s1/i4TD/t4?,7?,8-,9-,11?. The van der Waals surface area contributed by atoms with Gasteiger partial charge in [-0.3, -0.25) is 0 Å². The molecule has 5 nitrogen and oxygen atoms in total. The Labute approximate surface area is 98.4 Å². The lowest BCUT2D eigenvalue weighted by atomic mass is 9.96. The van der Waals surface area contributed by atoms with Crippen LogP contribution in [0.25, 0.3) is 0 Å². The molecular formula is C11H20O5. The number of aliphatic hydroxyl groups is 1. The largest absolute Gasteiger partial charge is 0.393 e. The number of methoxy groups -OCH3 is 1. The summed E-state index contributed by atoms with van der Waals surface area (Å²) in [7, 11) is -1.42. The topological polar surface area (TPSA) is 57.2 Å². The van der Waals surface area contributed by atoms with Gasteiger partial charge in [0, 0.05) is 7.06 Å². The predicted octanol–water partition coefficient (Wildman–Crippen LogP) is 0.303. The minimum absolute atomic E-state index is 0.0634. The summed E-state index contributed by atoms with van der Waals surface area (Å²) < 4.78 is 36.3. The molecule has 0 saturated carbocycles. The van der Waals surface area contributed by atoms with Crippen molar-refractivity contribution >= 4 is 0 Å². The van der Waals surface area contributed by atoms with Gasteiger partial charge in [-0.15, -0.1) is 0 Å². The quantitative estimate of drug-likeness (QED) is 0.762. The molecule has 0 bridgehead atoms. The maximum absolute atomic E-state index is 9.60. The van der Waals surface area contributed by atoms with Crippen LogP contribution in [0.2, 0.25) is 0 Å². The normalized spacial score (nSPS) is 49.6. The zero-order chi connectivity index (χ0) is 13.6. The summed E-state index contributed by atoms with van der Waals surface area (Å²) in [4.78, 5) is 0. The van der Waals surface area contributed by atoms with Crippen LogP contribution in [-0.2, 0) is 18.9 Å². The second kappa shape index (κ2) is 3.92. The fourth-order valence-electron chi connectivity index (χ4n) is 2.47. The van der Waals surface area contributed by atoms with E-state index in [-0.39, 0.29) is 25.4 Å². The molecule has 0 aromatic carbocycles. The Morgan fingerprint density at radius 3 is 2.88 bits per heavy atom. The molecule has 1 N–H and O–H groups in total. The Bertz CT molecular complexity index is 312. The highest BCUT2D eigenvalue weighted by molar-refractivity contribution is 5.06. The molecule has 2 saturated heterocycles. The molecule has 0 amide bonds. The maximum Gasteiger partial charge on any atom is 0.164 e. The van der Waals surface area contributed by atoms with E-state index in [9.17, 15) is 5.11 Å². The van der Waals surface area contributed by atoms with Gasteiger partial charge in [0.1, 0.15) is 17.8 Å². The number of ether oxygens (including phenoxy) is 4. The molecule has 0 radical (unpaired) electrons. The lowest BCUT2D eigenvalue weighted by Crippen LogP contribution is -2.50. The molecule has 3 unspecified atom stereocenters. The minimum atomic E-state index is -1.42. The van der Waals surface area contributed by atoms with Crippen LogP contribution in [0.15, 0.2) is 0 Å². The minimum Gasteiger partial charge on any atom is -0.393 e. The Morgan fingerprint density at radius 1 is 1.50 bits per heavy atom. The SMILES string of the molecule is [2H]C([3H])OCC1(CO)OC(C)[C@H]2OC(C)(C)O[C@H]21. The van der Waals surface area contributed by atoms with Crippen molar-refractivity contribution in [2.75, 3.05) is 20.3 Å².